The van der Waals surface area contributed by atoms with E-state index in [1.54, 1.807) is 0 Å². The van der Waals surface area contributed by atoms with Crippen molar-refractivity contribution in [1.82, 2.24) is 0 Å². The maximum Gasteiger partial charge on any atom is 0.0811 e. The summed E-state index contributed by atoms with van der Waals surface area (Å²) in [5.41, 5.74) is 2.39. The third kappa shape index (κ3) is 3.92. The lowest BCUT2D eigenvalue weighted by Crippen LogP contribution is -2.05. The number of hydrogen-bond acceptors (Lipinski definition) is 1. The Morgan fingerprint density at radius 2 is 1.71 bits per heavy atom. The molecule has 2 atom stereocenters. The maximum absolute atomic E-state index is 12.9. The first-order chi connectivity index (χ1) is 10.1. The van der Waals surface area contributed by atoms with Crippen molar-refractivity contribution in [3.63, 3.8) is 0 Å². The molecule has 110 valence electrons. The molecule has 0 aliphatic carbocycles. The Bertz CT molecular complexity index is 626. The Kier molecular flexibility index (Phi) is 5.51. The Hall–Kier alpha value is -1.67. The third-order valence-corrected chi connectivity index (χ3v) is 5.23. The summed E-state index contributed by atoms with van der Waals surface area (Å²) in [7, 11) is -1.10. The van der Waals surface area contributed by atoms with Crippen LogP contribution in [-0.2, 0) is 10.8 Å². The van der Waals surface area contributed by atoms with Gasteiger partial charge in [0.2, 0.25) is 0 Å². The summed E-state index contributed by atoms with van der Waals surface area (Å²) in [5.74, 6) is 0.160. The van der Waals surface area contributed by atoms with Crippen LogP contribution in [0.2, 0.25) is 0 Å². The van der Waals surface area contributed by atoms with Crippen LogP contribution in [0.3, 0.4) is 0 Å². The summed E-state index contributed by atoms with van der Waals surface area (Å²) < 4.78 is 12.9. The molecule has 2 heteroatoms. The SMILES string of the molecule is CC/C=C(/[C@H](C)c1ccccc1)S(=O)c1ccc(C)cc1. The van der Waals surface area contributed by atoms with Gasteiger partial charge in [0.15, 0.2) is 0 Å². The highest BCUT2D eigenvalue weighted by molar-refractivity contribution is 7.89. The van der Waals surface area contributed by atoms with Gasteiger partial charge in [0.05, 0.1) is 10.8 Å². The summed E-state index contributed by atoms with van der Waals surface area (Å²) in [6.07, 6.45) is 3.00. The van der Waals surface area contributed by atoms with Crippen molar-refractivity contribution in [2.45, 2.75) is 38.0 Å². The first-order valence-electron chi connectivity index (χ1n) is 7.37. The van der Waals surface area contributed by atoms with Crippen molar-refractivity contribution >= 4 is 10.8 Å². The smallest absolute Gasteiger partial charge is 0.0811 e. The van der Waals surface area contributed by atoms with Crippen LogP contribution in [-0.4, -0.2) is 4.21 Å². The van der Waals surface area contributed by atoms with Gasteiger partial charge in [-0.3, -0.25) is 0 Å². The minimum atomic E-state index is -1.10. The molecule has 0 amide bonds. The third-order valence-electron chi connectivity index (χ3n) is 3.58. The van der Waals surface area contributed by atoms with Crippen LogP contribution >= 0.6 is 0 Å². The van der Waals surface area contributed by atoms with Crippen LogP contribution in [0.4, 0.5) is 0 Å². The van der Waals surface area contributed by atoms with Crippen LogP contribution in [0.15, 0.2) is 70.5 Å². The van der Waals surface area contributed by atoms with Crippen LogP contribution < -0.4 is 0 Å². The van der Waals surface area contributed by atoms with Crippen LogP contribution in [0.25, 0.3) is 0 Å². The topological polar surface area (TPSA) is 17.1 Å². The maximum atomic E-state index is 12.9. The first-order valence-corrected chi connectivity index (χ1v) is 8.52. The minimum absolute atomic E-state index is 0.160. The molecule has 1 unspecified atom stereocenters. The zero-order valence-corrected chi connectivity index (χ0v) is 13.7. The first kappa shape index (κ1) is 15.7. The second kappa shape index (κ2) is 7.37. The van der Waals surface area contributed by atoms with Crippen molar-refractivity contribution in [2.24, 2.45) is 0 Å². The van der Waals surface area contributed by atoms with Gasteiger partial charge in [-0.1, -0.05) is 68.0 Å². The van der Waals surface area contributed by atoms with Gasteiger partial charge >= 0.3 is 0 Å². The summed E-state index contributed by atoms with van der Waals surface area (Å²) in [6, 6.07) is 18.2. The van der Waals surface area contributed by atoms with E-state index in [1.807, 2.05) is 49.4 Å². The fraction of sp³-hybridized carbons (Fsp3) is 0.263. The summed E-state index contributed by atoms with van der Waals surface area (Å²) in [5, 5.41) is 0. The quantitative estimate of drug-likeness (QED) is 0.741. The number of aryl methyl sites for hydroxylation is 1. The summed E-state index contributed by atoms with van der Waals surface area (Å²) >= 11 is 0. The largest absolute Gasteiger partial charge is 0.249 e. The van der Waals surface area contributed by atoms with Gasteiger partial charge in [0.1, 0.15) is 0 Å². The van der Waals surface area contributed by atoms with E-state index in [0.717, 1.165) is 16.2 Å². The fourth-order valence-corrected chi connectivity index (χ4v) is 3.75. The van der Waals surface area contributed by atoms with E-state index in [-0.39, 0.29) is 5.92 Å². The lowest BCUT2D eigenvalue weighted by molar-refractivity contribution is 0.683. The van der Waals surface area contributed by atoms with Crippen LogP contribution in [0, 0.1) is 6.92 Å². The molecule has 0 saturated carbocycles. The van der Waals surface area contributed by atoms with Gasteiger partial charge in [-0.05, 0) is 31.0 Å². The Morgan fingerprint density at radius 3 is 2.29 bits per heavy atom. The molecule has 21 heavy (non-hydrogen) atoms. The predicted molar refractivity (Wildman–Crippen MR) is 90.8 cm³/mol. The summed E-state index contributed by atoms with van der Waals surface area (Å²) in [6.45, 7) is 6.26. The molecule has 0 aromatic heterocycles. The molecular weight excluding hydrogens is 276 g/mol. The molecule has 1 nitrogen and oxygen atoms in total. The van der Waals surface area contributed by atoms with E-state index in [1.165, 1.54) is 11.1 Å². The van der Waals surface area contributed by atoms with Crippen molar-refractivity contribution in [1.29, 1.82) is 0 Å². The lowest BCUT2D eigenvalue weighted by atomic mass is 10.0. The van der Waals surface area contributed by atoms with E-state index in [0.29, 0.717) is 0 Å². The highest BCUT2D eigenvalue weighted by Crippen LogP contribution is 2.30. The van der Waals surface area contributed by atoms with Gasteiger partial charge in [-0.15, -0.1) is 0 Å². The molecule has 2 aromatic rings. The Balaban J connectivity index is 2.33. The van der Waals surface area contributed by atoms with E-state index in [9.17, 15) is 4.21 Å². The van der Waals surface area contributed by atoms with E-state index in [2.05, 4.69) is 32.1 Å². The molecule has 0 bridgehead atoms. The van der Waals surface area contributed by atoms with E-state index >= 15 is 0 Å². The number of benzene rings is 2. The normalized spacial score (nSPS) is 14.7. The monoisotopic (exact) mass is 298 g/mol. The van der Waals surface area contributed by atoms with Crippen molar-refractivity contribution < 1.29 is 4.21 Å². The molecule has 2 aromatic carbocycles. The molecule has 0 aliphatic rings. The van der Waals surface area contributed by atoms with Crippen molar-refractivity contribution in [2.75, 3.05) is 0 Å². The number of hydrogen-bond donors (Lipinski definition) is 0. The minimum Gasteiger partial charge on any atom is -0.249 e. The van der Waals surface area contributed by atoms with Gasteiger partial charge < -0.3 is 0 Å². The van der Waals surface area contributed by atoms with E-state index in [4.69, 9.17) is 0 Å². The molecule has 0 spiro atoms. The zero-order valence-electron chi connectivity index (χ0n) is 12.9. The van der Waals surface area contributed by atoms with Crippen molar-refractivity contribution in [3.8, 4) is 0 Å². The van der Waals surface area contributed by atoms with Crippen LogP contribution in [0.5, 0.6) is 0 Å². The van der Waals surface area contributed by atoms with Gasteiger partial charge in [-0.2, -0.15) is 0 Å². The van der Waals surface area contributed by atoms with Gasteiger partial charge in [-0.25, -0.2) is 4.21 Å². The Labute approximate surface area is 130 Å². The Morgan fingerprint density at radius 1 is 1.10 bits per heavy atom. The standard InChI is InChI=1S/C19H22OS/c1-4-8-19(16(3)17-9-6-5-7-10-17)21(20)18-13-11-15(2)12-14-18/h5-14,16H,4H2,1-3H3/b19-8-/t16-,21?/m1/s1. The lowest BCUT2D eigenvalue weighted by Gasteiger charge is -2.16. The molecular formula is C19H22OS. The van der Waals surface area contributed by atoms with Gasteiger partial charge in [0.25, 0.3) is 0 Å². The molecule has 0 heterocycles. The summed E-state index contributed by atoms with van der Waals surface area (Å²) in [4.78, 5) is 1.87. The molecule has 0 fully saturated rings. The highest BCUT2D eigenvalue weighted by atomic mass is 32.2. The molecule has 0 radical (unpaired) electrons. The molecule has 0 aliphatic heterocycles. The van der Waals surface area contributed by atoms with Crippen LogP contribution in [0.1, 0.15) is 37.3 Å². The fourth-order valence-electron chi connectivity index (χ4n) is 2.32. The van der Waals surface area contributed by atoms with E-state index < -0.39 is 10.8 Å². The zero-order chi connectivity index (χ0) is 15.2. The number of rotatable bonds is 5. The second-order valence-electron chi connectivity index (χ2n) is 5.23. The molecule has 0 N–H and O–H groups in total. The van der Waals surface area contributed by atoms with Crippen molar-refractivity contribution in [3.05, 3.63) is 76.7 Å². The average Bonchev–Trinajstić information content (AvgIpc) is 2.53. The van der Waals surface area contributed by atoms with Gasteiger partial charge in [0, 0.05) is 15.7 Å². The molecule has 2 rings (SSSR count). The second-order valence-corrected chi connectivity index (χ2v) is 6.71. The average molecular weight is 298 g/mol. The predicted octanol–water partition coefficient (Wildman–Crippen LogP) is 5.20. The molecule has 0 saturated heterocycles. The number of allylic oxidation sites excluding steroid dienone is 2. The highest BCUT2D eigenvalue weighted by Gasteiger charge is 2.18.